The molecule has 8 heteroatoms. The van der Waals surface area contributed by atoms with Crippen LogP contribution in [0.5, 0.6) is 11.5 Å². The van der Waals surface area contributed by atoms with Gasteiger partial charge in [0.1, 0.15) is 11.6 Å². The number of hydrogen-bond acceptors (Lipinski definition) is 6. The number of carbonyl (C=O) groups is 2. The third-order valence-corrected chi connectivity index (χ3v) is 5.03. The van der Waals surface area contributed by atoms with Crippen molar-refractivity contribution in [3.8, 4) is 11.5 Å². The number of carbonyl (C=O) groups excluding carboxylic acids is 2. The maximum absolute atomic E-state index is 12.6. The first kappa shape index (κ1) is 16.2. The lowest BCUT2D eigenvalue weighted by Crippen LogP contribution is -2.73. The summed E-state index contributed by atoms with van der Waals surface area (Å²) in [4.78, 5) is 28.2. The van der Waals surface area contributed by atoms with Gasteiger partial charge in [-0.25, -0.2) is 0 Å². The molecule has 3 aliphatic rings. The van der Waals surface area contributed by atoms with Gasteiger partial charge in [0.15, 0.2) is 11.5 Å². The minimum Gasteiger partial charge on any atom is -0.454 e. The summed E-state index contributed by atoms with van der Waals surface area (Å²) in [6.45, 7) is 2.18. The molecule has 3 aliphatic heterocycles. The number of likely N-dealkylation sites (N-methyl/N-ethyl adjacent to an activating group) is 2. The molecule has 3 heterocycles. The van der Waals surface area contributed by atoms with Gasteiger partial charge in [0.05, 0.1) is 19.7 Å². The van der Waals surface area contributed by atoms with Crippen molar-refractivity contribution >= 4 is 11.8 Å². The minimum absolute atomic E-state index is 0.0510. The van der Waals surface area contributed by atoms with E-state index in [1.54, 1.807) is 30.1 Å². The lowest BCUT2D eigenvalue weighted by molar-refractivity contribution is -0.187. The second kappa shape index (κ2) is 5.89. The number of morpholine rings is 1. The fourth-order valence-corrected chi connectivity index (χ4v) is 3.63. The van der Waals surface area contributed by atoms with Gasteiger partial charge in [-0.05, 0) is 25.2 Å². The first-order valence-electron chi connectivity index (χ1n) is 8.26. The second-order valence-corrected chi connectivity index (χ2v) is 6.77. The Hall–Kier alpha value is -2.32. The van der Waals surface area contributed by atoms with E-state index in [2.05, 4.69) is 5.32 Å². The predicted molar refractivity (Wildman–Crippen MR) is 87.6 cm³/mol. The Labute approximate surface area is 145 Å². The van der Waals surface area contributed by atoms with E-state index in [-0.39, 0.29) is 30.3 Å². The van der Waals surface area contributed by atoms with Gasteiger partial charge in [0, 0.05) is 19.2 Å². The molecule has 0 aromatic heterocycles. The first-order valence-corrected chi connectivity index (χ1v) is 8.26. The molecule has 0 bridgehead atoms. The highest BCUT2D eigenvalue weighted by Crippen LogP contribution is 2.35. The number of ether oxygens (including phenoxy) is 3. The fraction of sp³-hybridized carbons (Fsp3) is 0.529. The Morgan fingerprint density at radius 1 is 1.20 bits per heavy atom. The fourth-order valence-electron chi connectivity index (χ4n) is 3.63. The van der Waals surface area contributed by atoms with Crippen molar-refractivity contribution in [2.75, 3.05) is 47.1 Å². The van der Waals surface area contributed by atoms with E-state index in [0.717, 1.165) is 0 Å². The lowest BCUT2D eigenvalue weighted by atomic mass is 9.90. The SMILES string of the molecule is CNC(=O)[C@H]1COC2(CN(C(=O)c3ccc4c(c3)OCO4)C2)CN1C. The average Bonchev–Trinajstić information content (AvgIpc) is 3.05. The molecule has 4 rings (SSSR count). The molecule has 1 spiro atoms. The summed E-state index contributed by atoms with van der Waals surface area (Å²) in [5.74, 6) is 1.16. The maximum Gasteiger partial charge on any atom is 0.254 e. The predicted octanol–water partition coefficient (Wildman–Crippen LogP) is -0.313. The summed E-state index contributed by atoms with van der Waals surface area (Å²) in [5.41, 5.74) is 0.192. The molecule has 0 radical (unpaired) electrons. The molecule has 1 aromatic carbocycles. The number of nitrogens with zero attached hydrogens (tertiary/aromatic N) is 2. The molecule has 1 atom stereocenters. The number of fused-ring (bicyclic) bond motifs is 1. The Morgan fingerprint density at radius 2 is 1.96 bits per heavy atom. The smallest absolute Gasteiger partial charge is 0.254 e. The van der Waals surface area contributed by atoms with Gasteiger partial charge in [-0.1, -0.05) is 0 Å². The highest BCUT2D eigenvalue weighted by Gasteiger charge is 2.51. The number of nitrogens with one attached hydrogen (secondary N) is 1. The average molecular weight is 347 g/mol. The molecular weight excluding hydrogens is 326 g/mol. The zero-order valence-electron chi connectivity index (χ0n) is 14.3. The summed E-state index contributed by atoms with van der Waals surface area (Å²) in [5, 5.41) is 2.65. The van der Waals surface area contributed by atoms with Gasteiger partial charge < -0.3 is 24.4 Å². The zero-order chi connectivity index (χ0) is 17.6. The molecule has 25 heavy (non-hydrogen) atoms. The van der Waals surface area contributed by atoms with Gasteiger partial charge in [-0.15, -0.1) is 0 Å². The quantitative estimate of drug-likeness (QED) is 0.790. The first-order chi connectivity index (χ1) is 12.0. The molecule has 8 nitrogen and oxygen atoms in total. The Kier molecular flexibility index (Phi) is 3.81. The van der Waals surface area contributed by atoms with E-state index in [9.17, 15) is 9.59 Å². The minimum atomic E-state index is -0.384. The number of amides is 2. The van der Waals surface area contributed by atoms with Gasteiger partial charge in [0.2, 0.25) is 12.7 Å². The van der Waals surface area contributed by atoms with Crippen molar-refractivity contribution in [1.82, 2.24) is 15.1 Å². The Bertz CT molecular complexity index is 716. The van der Waals surface area contributed by atoms with Gasteiger partial charge in [0.25, 0.3) is 5.91 Å². The monoisotopic (exact) mass is 347 g/mol. The largest absolute Gasteiger partial charge is 0.454 e. The highest BCUT2D eigenvalue weighted by molar-refractivity contribution is 5.95. The third kappa shape index (κ3) is 2.71. The van der Waals surface area contributed by atoms with Crippen LogP contribution >= 0.6 is 0 Å². The van der Waals surface area contributed by atoms with Crippen molar-refractivity contribution in [1.29, 1.82) is 0 Å². The summed E-state index contributed by atoms with van der Waals surface area (Å²) in [6, 6.07) is 4.93. The molecule has 0 aliphatic carbocycles. The normalized spacial score (nSPS) is 24.1. The number of hydrogen-bond donors (Lipinski definition) is 1. The van der Waals surface area contributed by atoms with Crippen molar-refractivity contribution < 1.29 is 23.8 Å². The summed E-state index contributed by atoms with van der Waals surface area (Å²) >= 11 is 0. The van der Waals surface area contributed by atoms with Crippen molar-refractivity contribution in [2.24, 2.45) is 0 Å². The van der Waals surface area contributed by atoms with E-state index < -0.39 is 0 Å². The van der Waals surface area contributed by atoms with Crippen LogP contribution in [0.25, 0.3) is 0 Å². The third-order valence-electron chi connectivity index (χ3n) is 5.03. The van der Waals surface area contributed by atoms with E-state index >= 15 is 0 Å². The molecule has 1 N–H and O–H groups in total. The van der Waals surface area contributed by atoms with Crippen LogP contribution in [0.1, 0.15) is 10.4 Å². The molecule has 2 amide bonds. The van der Waals surface area contributed by atoms with Crippen LogP contribution in [-0.4, -0.2) is 80.4 Å². The van der Waals surface area contributed by atoms with E-state index in [4.69, 9.17) is 14.2 Å². The standard InChI is InChI=1S/C17H21N3O5/c1-18-15(21)12-6-25-17(7-19(12)2)8-20(9-17)16(22)11-3-4-13-14(5-11)24-10-23-13/h3-5,12H,6-10H2,1-2H3,(H,18,21)/t12-/m1/s1. The Morgan fingerprint density at radius 3 is 2.68 bits per heavy atom. The van der Waals surface area contributed by atoms with E-state index in [1.807, 2.05) is 11.9 Å². The van der Waals surface area contributed by atoms with Gasteiger partial charge in [-0.3, -0.25) is 14.5 Å². The van der Waals surface area contributed by atoms with Crippen LogP contribution in [0.3, 0.4) is 0 Å². The van der Waals surface area contributed by atoms with Crippen LogP contribution in [0.4, 0.5) is 0 Å². The van der Waals surface area contributed by atoms with Crippen LogP contribution in [-0.2, 0) is 9.53 Å². The van der Waals surface area contributed by atoms with Gasteiger partial charge in [-0.2, -0.15) is 0 Å². The summed E-state index contributed by atoms with van der Waals surface area (Å²) < 4.78 is 16.6. The summed E-state index contributed by atoms with van der Waals surface area (Å²) in [7, 11) is 3.53. The van der Waals surface area contributed by atoms with E-state index in [1.165, 1.54) is 0 Å². The number of rotatable bonds is 2. The molecule has 134 valence electrons. The number of likely N-dealkylation sites (tertiary alicyclic amines) is 1. The molecule has 0 saturated carbocycles. The lowest BCUT2D eigenvalue weighted by Gasteiger charge is -2.54. The molecular formula is C17H21N3O5. The second-order valence-electron chi connectivity index (χ2n) is 6.77. The number of benzene rings is 1. The Balaban J connectivity index is 1.39. The van der Waals surface area contributed by atoms with Crippen LogP contribution < -0.4 is 14.8 Å². The van der Waals surface area contributed by atoms with Crippen LogP contribution in [0.2, 0.25) is 0 Å². The molecule has 2 fully saturated rings. The van der Waals surface area contributed by atoms with Crippen LogP contribution in [0.15, 0.2) is 18.2 Å². The molecule has 2 saturated heterocycles. The van der Waals surface area contributed by atoms with E-state index in [0.29, 0.717) is 43.3 Å². The topological polar surface area (TPSA) is 80.3 Å². The zero-order valence-corrected chi connectivity index (χ0v) is 14.3. The highest BCUT2D eigenvalue weighted by atomic mass is 16.7. The van der Waals surface area contributed by atoms with Gasteiger partial charge >= 0.3 is 0 Å². The molecule has 0 unspecified atom stereocenters. The van der Waals surface area contributed by atoms with Crippen molar-refractivity contribution in [2.45, 2.75) is 11.6 Å². The van der Waals surface area contributed by atoms with Crippen molar-refractivity contribution in [3.63, 3.8) is 0 Å². The maximum atomic E-state index is 12.6. The van der Waals surface area contributed by atoms with Crippen molar-refractivity contribution in [3.05, 3.63) is 23.8 Å². The van der Waals surface area contributed by atoms with Crippen LogP contribution in [0, 0.1) is 0 Å². The summed E-state index contributed by atoms with van der Waals surface area (Å²) in [6.07, 6.45) is 0. The molecule has 1 aromatic rings.